The zero-order chi connectivity index (χ0) is 15.4. The quantitative estimate of drug-likeness (QED) is 0.855. The highest BCUT2D eigenvalue weighted by Crippen LogP contribution is 2.44. The standard InChI is InChI=1S/C16H21ClN2O2/c1-15(2,3)12-6-10(7-13(17)18-12)14(20)19-8-16(21,9-19)11-4-5-11/h6-7,11,21H,4-5,8-9H2,1-3H3. The predicted molar refractivity (Wildman–Crippen MR) is 81.5 cm³/mol. The SMILES string of the molecule is CC(C)(C)c1cc(C(=O)N2CC(O)(C3CC3)C2)cc(Cl)n1. The van der Waals surface area contributed by atoms with Crippen LogP contribution in [-0.2, 0) is 5.41 Å². The van der Waals surface area contributed by atoms with Crippen LogP contribution in [0.25, 0.3) is 0 Å². The van der Waals surface area contributed by atoms with Gasteiger partial charge in [0.2, 0.25) is 0 Å². The Morgan fingerprint density at radius 1 is 1.38 bits per heavy atom. The third-order valence-corrected chi connectivity index (χ3v) is 4.56. The molecule has 1 aliphatic heterocycles. The third kappa shape index (κ3) is 2.79. The molecule has 0 spiro atoms. The van der Waals surface area contributed by atoms with Crippen LogP contribution < -0.4 is 0 Å². The normalized spacial score (nSPS) is 21.1. The van der Waals surface area contributed by atoms with Gasteiger partial charge in [-0.05, 0) is 30.9 Å². The Labute approximate surface area is 130 Å². The number of aliphatic hydroxyl groups is 1. The van der Waals surface area contributed by atoms with Crippen molar-refractivity contribution >= 4 is 17.5 Å². The Bertz CT molecular complexity index is 584. The van der Waals surface area contributed by atoms with Gasteiger partial charge in [0.15, 0.2) is 0 Å². The molecule has 1 saturated carbocycles. The molecular weight excluding hydrogens is 288 g/mol. The zero-order valence-electron chi connectivity index (χ0n) is 12.7. The van der Waals surface area contributed by atoms with Crippen molar-refractivity contribution in [2.24, 2.45) is 5.92 Å². The molecule has 0 radical (unpaired) electrons. The van der Waals surface area contributed by atoms with Gasteiger partial charge >= 0.3 is 0 Å². The van der Waals surface area contributed by atoms with Crippen LogP contribution in [0.1, 0.15) is 49.7 Å². The van der Waals surface area contributed by atoms with Crippen molar-refractivity contribution in [2.75, 3.05) is 13.1 Å². The summed E-state index contributed by atoms with van der Waals surface area (Å²) in [4.78, 5) is 18.5. The summed E-state index contributed by atoms with van der Waals surface area (Å²) < 4.78 is 0. The number of pyridine rings is 1. The van der Waals surface area contributed by atoms with Crippen molar-refractivity contribution in [3.05, 3.63) is 28.5 Å². The number of amides is 1. The molecule has 4 nitrogen and oxygen atoms in total. The van der Waals surface area contributed by atoms with Gasteiger partial charge in [0.05, 0.1) is 13.1 Å². The fourth-order valence-electron chi connectivity index (χ4n) is 2.82. The monoisotopic (exact) mass is 308 g/mol. The van der Waals surface area contributed by atoms with Crippen molar-refractivity contribution in [1.29, 1.82) is 0 Å². The second-order valence-corrected chi connectivity index (χ2v) is 7.74. The number of β-amino-alcohol motifs (C(OH)–C–C–N with tert-alkyl or cyclic N) is 1. The van der Waals surface area contributed by atoms with Gasteiger partial charge in [-0.25, -0.2) is 4.98 Å². The number of likely N-dealkylation sites (tertiary alicyclic amines) is 1. The molecule has 2 fully saturated rings. The molecule has 0 bridgehead atoms. The lowest BCUT2D eigenvalue weighted by Crippen LogP contribution is -2.64. The van der Waals surface area contributed by atoms with Gasteiger partial charge in [-0.15, -0.1) is 0 Å². The van der Waals surface area contributed by atoms with Crippen molar-refractivity contribution in [3.8, 4) is 0 Å². The first-order valence-electron chi connectivity index (χ1n) is 7.39. The maximum Gasteiger partial charge on any atom is 0.254 e. The lowest BCUT2D eigenvalue weighted by molar-refractivity contribution is -0.0958. The van der Waals surface area contributed by atoms with Crippen LogP contribution in [0.4, 0.5) is 0 Å². The summed E-state index contributed by atoms with van der Waals surface area (Å²) in [6, 6.07) is 3.41. The molecule has 1 aromatic rings. The Kier molecular flexibility index (Phi) is 3.30. The number of halogens is 1. The Morgan fingerprint density at radius 2 is 2.00 bits per heavy atom. The lowest BCUT2D eigenvalue weighted by atomic mass is 9.87. The summed E-state index contributed by atoms with van der Waals surface area (Å²) in [5, 5.41) is 10.7. The maximum atomic E-state index is 12.5. The van der Waals surface area contributed by atoms with Gasteiger partial charge < -0.3 is 10.0 Å². The Hall–Kier alpha value is -1.13. The first kappa shape index (κ1) is 14.8. The second kappa shape index (κ2) is 4.68. The van der Waals surface area contributed by atoms with Gasteiger partial charge in [-0.1, -0.05) is 32.4 Å². The Morgan fingerprint density at radius 3 is 2.52 bits per heavy atom. The molecule has 1 aliphatic carbocycles. The molecule has 2 heterocycles. The Balaban J connectivity index is 1.78. The van der Waals surface area contributed by atoms with E-state index < -0.39 is 5.60 Å². The summed E-state index contributed by atoms with van der Waals surface area (Å²) in [5.41, 5.74) is 0.539. The lowest BCUT2D eigenvalue weighted by Gasteiger charge is -2.47. The van der Waals surface area contributed by atoms with Gasteiger partial charge in [0.25, 0.3) is 5.91 Å². The molecular formula is C16H21ClN2O2. The van der Waals surface area contributed by atoms with E-state index >= 15 is 0 Å². The van der Waals surface area contributed by atoms with Crippen LogP contribution in [0, 0.1) is 5.92 Å². The van der Waals surface area contributed by atoms with E-state index in [1.165, 1.54) is 0 Å². The highest BCUT2D eigenvalue weighted by molar-refractivity contribution is 6.29. The van der Waals surface area contributed by atoms with E-state index in [0.717, 1.165) is 18.5 Å². The minimum Gasteiger partial charge on any atom is -0.386 e. The highest BCUT2D eigenvalue weighted by Gasteiger charge is 2.53. The summed E-state index contributed by atoms with van der Waals surface area (Å²) in [5.74, 6) is 0.308. The molecule has 3 rings (SSSR count). The maximum absolute atomic E-state index is 12.5. The minimum absolute atomic E-state index is 0.0740. The summed E-state index contributed by atoms with van der Waals surface area (Å²) in [6.07, 6.45) is 2.15. The van der Waals surface area contributed by atoms with Crippen LogP contribution in [0.2, 0.25) is 5.15 Å². The first-order chi connectivity index (χ1) is 9.69. The average Bonchev–Trinajstić information content (AvgIpc) is 3.16. The van der Waals surface area contributed by atoms with E-state index in [-0.39, 0.29) is 11.3 Å². The van der Waals surface area contributed by atoms with Gasteiger partial charge in [0.1, 0.15) is 10.8 Å². The number of aromatic nitrogens is 1. The van der Waals surface area contributed by atoms with Gasteiger partial charge in [0, 0.05) is 16.7 Å². The van der Waals surface area contributed by atoms with E-state index in [4.69, 9.17) is 11.6 Å². The predicted octanol–water partition coefficient (Wildman–Crippen LogP) is 2.63. The van der Waals surface area contributed by atoms with Crippen molar-refractivity contribution in [1.82, 2.24) is 9.88 Å². The number of nitrogens with zero attached hydrogens (tertiary/aromatic N) is 2. The molecule has 0 unspecified atom stereocenters. The van der Waals surface area contributed by atoms with Crippen molar-refractivity contribution < 1.29 is 9.90 Å². The number of rotatable bonds is 2. The van der Waals surface area contributed by atoms with E-state index in [0.29, 0.717) is 29.7 Å². The third-order valence-electron chi connectivity index (χ3n) is 4.36. The molecule has 0 atom stereocenters. The van der Waals surface area contributed by atoms with Crippen LogP contribution >= 0.6 is 11.6 Å². The molecule has 2 aliphatic rings. The van der Waals surface area contributed by atoms with E-state index in [9.17, 15) is 9.90 Å². The molecule has 5 heteroatoms. The van der Waals surface area contributed by atoms with Crippen LogP contribution in [0.15, 0.2) is 12.1 Å². The molecule has 1 aromatic heterocycles. The molecule has 0 aromatic carbocycles. The topological polar surface area (TPSA) is 53.4 Å². The molecule has 21 heavy (non-hydrogen) atoms. The fraction of sp³-hybridized carbons (Fsp3) is 0.625. The smallest absolute Gasteiger partial charge is 0.254 e. The zero-order valence-corrected chi connectivity index (χ0v) is 13.4. The van der Waals surface area contributed by atoms with E-state index in [2.05, 4.69) is 4.98 Å². The minimum atomic E-state index is -0.653. The van der Waals surface area contributed by atoms with E-state index in [1.807, 2.05) is 26.8 Å². The number of carbonyl (C=O) groups excluding carboxylic acids is 1. The number of hydrogen-bond donors (Lipinski definition) is 1. The number of carbonyl (C=O) groups is 1. The van der Waals surface area contributed by atoms with Crippen molar-refractivity contribution in [2.45, 2.75) is 44.6 Å². The summed E-state index contributed by atoms with van der Waals surface area (Å²) in [7, 11) is 0. The van der Waals surface area contributed by atoms with Gasteiger partial charge in [-0.2, -0.15) is 0 Å². The second-order valence-electron chi connectivity index (χ2n) is 7.35. The van der Waals surface area contributed by atoms with Crippen LogP contribution in [0.3, 0.4) is 0 Å². The molecule has 1 saturated heterocycles. The molecule has 114 valence electrons. The fourth-order valence-corrected chi connectivity index (χ4v) is 3.03. The molecule has 1 amide bonds. The number of hydrogen-bond acceptors (Lipinski definition) is 3. The molecule has 1 N–H and O–H groups in total. The van der Waals surface area contributed by atoms with Crippen molar-refractivity contribution in [3.63, 3.8) is 0 Å². The summed E-state index contributed by atoms with van der Waals surface area (Å²) in [6.45, 7) is 6.97. The largest absolute Gasteiger partial charge is 0.386 e. The summed E-state index contributed by atoms with van der Waals surface area (Å²) >= 11 is 6.05. The first-order valence-corrected chi connectivity index (χ1v) is 7.76. The average molecular weight is 309 g/mol. The highest BCUT2D eigenvalue weighted by atomic mass is 35.5. The van der Waals surface area contributed by atoms with Gasteiger partial charge in [-0.3, -0.25) is 4.79 Å². The van der Waals surface area contributed by atoms with Crippen LogP contribution in [0.5, 0.6) is 0 Å². The van der Waals surface area contributed by atoms with Crippen LogP contribution in [-0.4, -0.2) is 39.6 Å². The van der Waals surface area contributed by atoms with E-state index in [1.54, 1.807) is 11.0 Å².